The van der Waals surface area contributed by atoms with E-state index in [1.165, 1.54) is 0 Å². The van der Waals surface area contributed by atoms with Crippen molar-refractivity contribution in [3.05, 3.63) is 0 Å². The molecule has 0 saturated carbocycles. The predicted octanol–water partition coefficient (Wildman–Crippen LogP) is 0.0166. The molecule has 0 aromatic heterocycles. The van der Waals surface area contributed by atoms with Crippen LogP contribution >= 0.6 is 0 Å². The fourth-order valence-electron chi connectivity index (χ4n) is 1.44. The van der Waals surface area contributed by atoms with Gasteiger partial charge in [0.05, 0.1) is 6.23 Å². The van der Waals surface area contributed by atoms with E-state index in [-0.39, 0.29) is 17.8 Å². The lowest BCUT2D eigenvalue weighted by molar-refractivity contribution is 0.216. The Balaban J connectivity index is 2.22. The number of nitrogens with zero attached hydrogens (tertiary/aromatic N) is 1. The van der Waals surface area contributed by atoms with E-state index in [4.69, 9.17) is 5.11 Å². The second-order valence-electron chi connectivity index (χ2n) is 3.68. The maximum absolute atomic E-state index is 13.1. The van der Waals surface area contributed by atoms with Gasteiger partial charge < -0.3 is 19.4 Å². The van der Waals surface area contributed by atoms with Crippen molar-refractivity contribution < 1.29 is 14.0 Å². The van der Waals surface area contributed by atoms with E-state index in [1.54, 1.807) is 11.8 Å². The third kappa shape index (κ3) is 2.95. The summed E-state index contributed by atoms with van der Waals surface area (Å²) in [6.45, 7) is 3.80. The standard InChI is InChI=1S/C8H17FN2O2Si/c1-7(14(9)6-12)2-4-11-5-3-10-8(11)13/h7,12,14H,2-6H2,1H3,(H,10,13). The van der Waals surface area contributed by atoms with E-state index in [0.29, 0.717) is 26.1 Å². The molecule has 82 valence electrons. The van der Waals surface area contributed by atoms with Crippen LogP contribution < -0.4 is 5.32 Å². The van der Waals surface area contributed by atoms with Gasteiger partial charge in [-0.1, -0.05) is 6.92 Å². The van der Waals surface area contributed by atoms with Crippen molar-refractivity contribution in [1.82, 2.24) is 10.2 Å². The lowest BCUT2D eigenvalue weighted by atomic mass is 10.3. The van der Waals surface area contributed by atoms with Crippen molar-refractivity contribution in [2.45, 2.75) is 18.9 Å². The lowest BCUT2D eigenvalue weighted by Gasteiger charge is -2.18. The van der Waals surface area contributed by atoms with Crippen LogP contribution in [0.25, 0.3) is 0 Å². The van der Waals surface area contributed by atoms with Crippen molar-refractivity contribution >= 4 is 15.2 Å². The van der Waals surface area contributed by atoms with Crippen LogP contribution in [0, 0.1) is 0 Å². The van der Waals surface area contributed by atoms with Gasteiger partial charge in [-0.3, -0.25) is 0 Å². The summed E-state index contributed by atoms with van der Waals surface area (Å²) in [6, 6.07) is -0.0572. The van der Waals surface area contributed by atoms with Gasteiger partial charge in [0.1, 0.15) is 0 Å². The molecule has 2 amide bonds. The Morgan fingerprint density at radius 3 is 3.00 bits per heavy atom. The average Bonchev–Trinajstić information content (AvgIpc) is 2.59. The highest BCUT2D eigenvalue weighted by molar-refractivity contribution is 6.52. The number of rotatable bonds is 5. The molecule has 0 radical (unpaired) electrons. The van der Waals surface area contributed by atoms with Gasteiger partial charge in [-0.15, -0.1) is 0 Å². The first-order valence-electron chi connectivity index (χ1n) is 4.93. The summed E-state index contributed by atoms with van der Waals surface area (Å²) in [5.74, 6) is 0. The highest BCUT2D eigenvalue weighted by Crippen LogP contribution is 2.16. The minimum absolute atomic E-state index is 0.0572. The topological polar surface area (TPSA) is 52.6 Å². The van der Waals surface area contributed by atoms with Crippen LogP contribution in [0.3, 0.4) is 0 Å². The Bertz CT molecular complexity index is 206. The van der Waals surface area contributed by atoms with Gasteiger partial charge in [-0.2, -0.15) is 0 Å². The molecular weight excluding hydrogens is 203 g/mol. The van der Waals surface area contributed by atoms with Crippen LogP contribution in [0.15, 0.2) is 0 Å². The molecule has 0 aromatic carbocycles. The molecule has 0 spiro atoms. The molecule has 4 nitrogen and oxygen atoms in total. The number of urea groups is 1. The Kier molecular flexibility index (Phi) is 4.34. The average molecular weight is 220 g/mol. The van der Waals surface area contributed by atoms with Gasteiger partial charge in [0.15, 0.2) is 0 Å². The highest BCUT2D eigenvalue weighted by Gasteiger charge is 2.23. The van der Waals surface area contributed by atoms with Crippen LogP contribution in [-0.2, 0) is 0 Å². The Morgan fingerprint density at radius 2 is 2.50 bits per heavy atom. The summed E-state index contributed by atoms with van der Waals surface area (Å²) in [4.78, 5) is 12.8. The minimum Gasteiger partial charge on any atom is -0.397 e. The first-order valence-corrected chi connectivity index (χ1v) is 6.84. The van der Waals surface area contributed by atoms with E-state index in [1.807, 2.05) is 0 Å². The molecule has 1 aliphatic rings. The molecule has 0 bridgehead atoms. The van der Waals surface area contributed by atoms with E-state index in [9.17, 15) is 8.90 Å². The number of aliphatic hydroxyl groups is 1. The quantitative estimate of drug-likeness (QED) is 0.507. The summed E-state index contributed by atoms with van der Waals surface area (Å²) in [6.07, 6.45) is 0.356. The third-order valence-corrected chi connectivity index (χ3v) is 4.51. The van der Waals surface area contributed by atoms with Crippen LogP contribution in [0.1, 0.15) is 13.3 Å². The first-order chi connectivity index (χ1) is 6.65. The second kappa shape index (κ2) is 5.31. The van der Waals surface area contributed by atoms with Crippen molar-refractivity contribution in [3.8, 4) is 0 Å². The highest BCUT2D eigenvalue weighted by atomic mass is 28.3. The Morgan fingerprint density at radius 1 is 1.79 bits per heavy atom. The molecular formula is C8H17FN2O2Si. The van der Waals surface area contributed by atoms with Gasteiger partial charge >= 0.3 is 6.03 Å². The number of halogens is 1. The number of carbonyl (C=O) groups excluding carboxylic acids is 1. The monoisotopic (exact) mass is 220 g/mol. The van der Waals surface area contributed by atoms with E-state index in [0.717, 1.165) is 0 Å². The summed E-state index contributed by atoms with van der Waals surface area (Å²) in [7, 11) is -2.46. The Hall–Kier alpha value is -0.623. The first kappa shape index (κ1) is 11.5. The maximum atomic E-state index is 13.1. The summed E-state index contributed by atoms with van der Waals surface area (Å²) < 4.78 is 13.1. The molecule has 14 heavy (non-hydrogen) atoms. The lowest BCUT2D eigenvalue weighted by Crippen LogP contribution is -2.31. The number of aliphatic hydroxyl groups excluding tert-OH is 1. The molecule has 1 heterocycles. The molecule has 2 unspecified atom stereocenters. The van der Waals surface area contributed by atoms with E-state index < -0.39 is 9.13 Å². The normalized spacial score (nSPS) is 20.8. The van der Waals surface area contributed by atoms with Crippen molar-refractivity contribution in [3.63, 3.8) is 0 Å². The Labute approximate surface area is 84.9 Å². The number of carbonyl (C=O) groups is 1. The van der Waals surface area contributed by atoms with Gasteiger partial charge in [-0.25, -0.2) is 4.79 Å². The number of amides is 2. The maximum Gasteiger partial charge on any atom is 0.317 e. The molecule has 1 fully saturated rings. The number of nitrogens with one attached hydrogen (secondary N) is 1. The minimum atomic E-state index is -2.46. The smallest absolute Gasteiger partial charge is 0.317 e. The summed E-state index contributed by atoms with van der Waals surface area (Å²) in [5, 5.41) is 11.3. The van der Waals surface area contributed by atoms with Crippen LogP contribution in [0.2, 0.25) is 5.54 Å². The zero-order valence-corrected chi connectivity index (χ0v) is 9.53. The largest absolute Gasteiger partial charge is 0.397 e. The molecule has 0 aliphatic carbocycles. The second-order valence-corrected chi connectivity index (χ2v) is 6.22. The molecule has 1 saturated heterocycles. The fraction of sp³-hybridized carbons (Fsp3) is 0.875. The van der Waals surface area contributed by atoms with E-state index in [2.05, 4.69) is 5.32 Å². The molecule has 1 rings (SSSR count). The van der Waals surface area contributed by atoms with Crippen molar-refractivity contribution in [2.24, 2.45) is 0 Å². The van der Waals surface area contributed by atoms with Crippen molar-refractivity contribution in [2.75, 3.05) is 25.9 Å². The van der Waals surface area contributed by atoms with Gasteiger partial charge in [0.25, 0.3) is 9.13 Å². The molecule has 2 atom stereocenters. The molecule has 1 aliphatic heterocycles. The third-order valence-electron chi connectivity index (χ3n) is 2.59. The predicted molar refractivity (Wildman–Crippen MR) is 54.4 cm³/mol. The van der Waals surface area contributed by atoms with E-state index >= 15 is 0 Å². The van der Waals surface area contributed by atoms with Crippen molar-refractivity contribution in [1.29, 1.82) is 0 Å². The zero-order valence-electron chi connectivity index (χ0n) is 8.37. The number of hydrogen-bond donors (Lipinski definition) is 2. The fourth-order valence-corrected chi connectivity index (χ4v) is 2.32. The number of hydrogen-bond acceptors (Lipinski definition) is 2. The molecule has 0 aromatic rings. The summed E-state index contributed by atoms with van der Waals surface area (Å²) in [5.41, 5.74) is -0.0617. The molecule has 2 N–H and O–H groups in total. The zero-order chi connectivity index (χ0) is 10.6. The van der Waals surface area contributed by atoms with Crippen LogP contribution in [0.4, 0.5) is 8.90 Å². The van der Waals surface area contributed by atoms with Gasteiger partial charge in [-0.05, 0) is 12.0 Å². The van der Waals surface area contributed by atoms with Crippen LogP contribution in [0.5, 0.6) is 0 Å². The van der Waals surface area contributed by atoms with Crippen LogP contribution in [-0.4, -0.2) is 51.0 Å². The van der Waals surface area contributed by atoms with Gasteiger partial charge in [0, 0.05) is 19.6 Å². The molecule has 6 heteroatoms. The summed E-state index contributed by atoms with van der Waals surface area (Å²) >= 11 is 0. The SMILES string of the molecule is CC(CCN1CCNC1=O)[SiH](F)CO. The van der Waals surface area contributed by atoms with Gasteiger partial charge in [0.2, 0.25) is 0 Å².